The molecular formula is C11H12F3NO5S. The summed E-state index contributed by atoms with van der Waals surface area (Å²) in [6, 6.07) is 4.06. The van der Waals surface area contributed by atoms with Gasteiger partial charge in [0.2, 0.25) is 10.0 Å². The second kappa shape index (κ2) is 6.20. The van der Waals surface area contributed by atoms with Gasteiger partial charge in [-0.2, -0.15) is 0 Å². The van der Waals surface area contributed by atoms with Gasteiger partial charge in [-0.25, -0.2) is 8.42 Å². The van der Waals surface area contributed by atoms with Crippen LogP contribution >= 0.6 is 0 Å². The van der Waals surface area contributed by atoms with Crippen LogP contribution in [0.2, 0.25) is 0 Å². The van der Waals surface area contributed by atoms with Gasteiger partial charge in [-0.15, -0.1) is 13.2 Å². The molecule has 0 amide bonds. The van der Waals surface area contributed by atoms with Gasteiger partial charge in [-0.1, -0.05) is 0 Å². The van der Waals surface area contributed by atoms with E-state index in [4.69, 9.17) is 0 Å². The second-order valence-corrected chi connectivity index (χ2v) is 5.79. The number of ether oxygens (including phenoxy) is 2. The molecule has 0 heterocycles. The molecule has 6 nitrogen and oxygen atoms in total. The van der Waals surface area contributed by atoms with Gasteiger partial charge in [-0.05, 0) is 24.3 Å². The van der Waals surface area contributed by atoms with Crippen molar-refractivity contribution in [3.05, 3.63) is 24.3 Å². The molecule has 0 radical (unpaired) electrons. The summed E-state index contributed by atoms with van der Waals surface area (Å²) in [4.78, 5) is 11.2. The van der Waals surface area contributed by atoms with E-state index in [2.05, 4.69) is 9.47 Å². The van der Waals surface area contributed by atoms with E-state index in [1.165, 1.54) is 0 Å². The Morgan fingerprint density at radius 2 is 1.76 bits per heavy atom. The Kier molecular flexibility index (Phi) is 5.05. The van der Waals surface area contributed by atoms with Crippen LogP contribution in [0.5, 0.6) is 5.75 Å². The number of carbonyl (C=O) groups excluding carboxylic acids is 1. The summed E-state index contributed by atoms with van der Waals surface area (Å²) < 4.78 is 68.0. The number of esters is 1. The molecule has 0 unspecified atom stereocenters. The van der Waals surface area contributed by atoms with Gasteiger partial charge in [0.25, 0.3) is 0 Å². The molecule has 0 N–H and O–H groups in total. The molecule has 0 aliphatic carbocycles. The van der Waals surface area contributed by atoms with Crippen LogP contribution in [0.25, 0.3) is 0 Å². The van der Waals surface area contributed by atoms with E-state index in [-0.39, 0.29) is 5.69 Å². The number of benzene rings is 1. The fraction of sp³-hybridized carbons (Fsp3) is 0.364. The largest absolute Gasteiger partial charge is 0.573 e. The van der Waals surface area contributed by atoms with Gasteiger partial charge in [-0.3, -0.25) is 9.10 Å². The number of anilines is 1. The van der Waals surface area contributed by atoms with Gasteiger partial charge in [0.05, 0.1) is 19.1 Å². The number of hydrogen-bond acceptors (Lipinski definition) is 5. The van der Waals surface area contributed by atoms with Crippen molar-refractivity contribution < 1.29 is 35.9 Å². The van der Waals surface area contributed by atoms with E-state index in [9.17, 15) is 26.4 Å². The molecule has 0 fully saturated rings. The lowest BCUT2D eigenvalue weighted by Crippen LogP contribution is -2.35. The maximum Gasteiger partial charge on any atom is 0.573 e. The highest BCUT2D eigenvalue weighted by molar-refractivity contribution is 7.92. The smallest absolute Gasteiger partial charge is 0.468 e. The monoisotopic (exact) mass is 327 g/mol. The third-order valence-corrected chi connectivity index (χ3v) is 3.40. The average Bonchev–Trinajstić information content (AvgIpc) is 2.33. The maximum absolute atomic E-state index is 12.0. The summed E-state index contributed by atoms with van der Waals surface area (Å²) >= 11 is 0. The number of halogens is 3. The Hall–Kier alpha value is -1.97. The SMILES string of the molecule is COC(=O)CN(c1ccc(OC(F)(F)F)cc1)S(C)(=O)=O. The number of rotatable bonds is 5. The van der Waals surface area contributed by atoms with Gasteiger partial charge < -0.3 is 9.47 Å². The molecule has 0 bridgehead atoms. The Morgan fingerprint density at radius 1 is 1.24 bits per heavy atom. The van der Waals surface area contributed by atoms with Crippen molar-refractivity contribution >= 4 is 21.7 Å². The minimum absolute atomic E-state index is 0.0115. The molecule has 0 spiro atoms. The van der Waals surface area contributed by atoms with E-state index in [1.807, 2.05) is 0 Å². The van der Waals surface area contributed by atoms with Crippen molar-refractivity contribution in [1.82, 2.24) is 0 Å². The zero-order chi connectivity index (χ0) is 16.3. The molecule has 118 valence electrons. The summed E-state index contributed by atoms with van der Waals surface area (Å²) in [6.45, 7) is -0.588. The summed E-state index contributed by atoms with van der Waals surface area (Å²) in [5.74, 6) is -1.31. The molecule has 1 rings (SSSR count). The molecule has 0 atom stereocenters. The van der Waals surface area contributed by atoms with Crippen LogP contribution in [-0.4, -0.2) is 40.7 Å². The number of methoxy groups -OCH3 is 1. The minimum atomic E-state index is -4.84. The summed E-state index contributed by atoms with van der Waals surface area (Å²) in [7, 11) is -2.72. The van der Waals surface area contributed by atoms with Crippen LogP contribution in [0.1, 0.15) is 0 Å². The molecule has 0 aromatic heterocycles. The van der Waals surface area contributed by atoms with Crippen molar-refractivity contribution in [2.75, 3.05) is 24.2 Å². The Labute approximate surface area is 119 Å². The minimum Gasteiger partial charge on any atom is -0.468 e. The summed E-state index contributed by atoms with van der Waals surface area (Å²) in [5, 5.41) is 0. The van der Waals surface area contributed by atoms with Gasteiger partial charge in [0.1, 0.15) is 12.3 Å². The van der Waals surface area contributed by atoms with Gasteiger partial charge >= 0.3 is 12.3 Å². The van der Waals surface area contributed by atoms with Crippen LogP contribution in [0.3, 0.4) is 0 Å². The second-order valence-electron chi connectivity index (χ2n) is 3.89. The zero-order valence-corrected chi connectivity index (χ0v) is 11.9. The first kappa shape index (κ1) is 17.1. The number of sulfonamides is 1. The fourth-order valence-electron chi connectivity index (χ4n) is 1.40. The van der Waals surface area contributed by atoms with Crippen LogP contribution in [0.4, 0.5) is 18.9 Å². The first-order valence-corrected chi connectivity index (χ1v) is 7.28. The number of nitrogens with zero attached hydrogens (tertiary/aromatic N) is 1. The highest BCUT2D eigenvalue weighted by atomic mass is 32.2. The normalized spacial score (nSPS) is 11.9. The van der Waals surface area contributed by atoms with Crippen LogP contribution in [-0.2, 0) is 19.6 Å². The van der Waals surface area contributed by atoms with Crippen molar-refractivity contribution in [3.8, 4) is 5.75 Å². The van der Waals surface area contributed by atoms with E-state index in [0.717, 1.165) is 37.6 Å². The lowest BCUT2D eigenvalue weighted by atomic mass is 10.3. The molecule has 1 aromatic carbocycles. The Morgan fingerprint density at radius 3 is 2.14 bits per heavy atom. The number of alkyl halides is 3. The zero-order valence-electron chi connectivity index (χ0n) is 11.0. The van der Waals surface area contributed by atoms with Gasteiger partial charge in [0.15, 0.2) is 0 Å². The molecule has 0 aliphatic heterocycles. The molecule has 1 aromatic rings. The highest BCUT2D eigenvalue weighted by Gasteiger charge is 2.31. The molecule has 10 heteroatoms. The average molecular weight is 327 g/mol. The van der Waals surface area contributed by atoms with E-state index in [1.54, 1.807) is 0 Å². The van der Waals surface area contributed by atoms with Crippen molar-refractivity contribution in [2.45, 2.75) is 6.36 Å². The molecule has 0 saturated carbocycles. The van der Waals surface area contributed by atoms with Crippen molar-refractivity contribution in [3.63, 3.8) is 0 Å². The molecular weight excluding hydrogens is 315 g/mol. The standard InChI is InChI=1S/C11H12F3NO5S/c1-19-10(16)7-15(21(2,17)18)8-3-5-9(6-4-8)20-11(12,13)14/h3-6H,7H2,1-2H3. The molecule has 21 heavy (non-hydrogen) atoms. The first-order chi connectivity index (χ1) is 9.53. The highest BCUT2D eigenvalue weighted by Crippen LogP contribution is 2.26. The summed E-state index contributed by atoms with van der Waals surface area (Å²) in [6.07, 6.45) is -3.99. The molecule has 0 saturated heterocycles. The third kappa shape index (κ3) is 5.50. The van der Waals surface area contributed by atoms with Crippen molar-refractivity contribution in [2.24, 2.45) is 0 Å². The first-order valence-electron chi connectivity index (χ1n) is 5.43. The predicted molar refractivity (Wildman–Crippen MR) is 67.3 cm³/mol. The Balaban J connectivity index is 3.02. The van der Waals surface area contributed by atoms with Crippen molar-refractivity contribution in [1.29, 1.82) is 0 Å². The van der Waals surface area contributed by atoms with Crippen LogP contribution in [0, 0.1) is 0 Å². The lowest BCUT2D eigenvalue weighted by molar-refractivity contribution is -0.274. The quantitative estimate of drug-likeness (QED) is 0.767. The van der Waals surface area contributed by atoms with E-state index in [0.29, 0.717) is 4.31 Å². The predicted octanol–water partition coefficient (Wildman–Crippen LogP) is 1.52. The summed E-state index contributed by atoms with van der Waals surface area (Å²) in [5.41, 5.74) is 0.0115. The van der Waals surface area contributed by atoms with Crippen LogP contribution in [0.15, 0.2) is 24.3 Å². The third-order valence-electron chi connectivity index (χ3n) is 2.26. The number of hydrogen-bond donors (Lipinski definition) is 0. The Bertz CT molecular complexity index is 597. The number of carbonyl (C=O) groups is 1. The maximum atomic E-state index is 12.0. The fourth-order valence-corrected chi connectivity index (χ4v) is 2.24. The van der Waals surface area contributed by atoms with E-state index >= 15 is 0 Å². The topological polar surface area (TPSA) is 72.9 Å². The lowest BCUT2D eigenvalue weighted by Gasteiger charge is -2.21. The van der Waals surface area contributed by atoms with Crippen LogP contribution < -0.4 is 9.04 Å². The van der Waals surface area contributed by atoms with E-state index < -0.39 is 34.6 Å². The molecule has 0 aliphatic rings. The van der Waals surface area contributed by atoms with Gasteiger partial charge in [0, 0.05) is 0 Å².